The zero-order chi connectivity index (χ0) is 13.4. The van der Waals surface area contributed by atoms with E-state index in [9.17, 15) is 4.79 Å². The van der Waals surface area contributed by atoms with Crippen LogP contribution < -0.4 is 15.2 Å². The van der Waals surface area contributed by atoms with Gasteiger partial charge >= 0.3 is 5.97 Å². The smallest absolute Gasteiger partial charge is 0.325 e. The first kappa shape index (κ1) is 13.2. The second-order valence-corrected chi connectivity index (χ2v) is 5.25. The van der Waals surface area contributed by atoms with Gasteiger partial charge in [-0.3, -0.25) is 4.79 Å². The van der Waals surface area contributed by atoms with Crippen LogP contribution in [-0.2, 0) is 4.79 Å². The van der Waals surface area contributed by atoms with Crippen molar-refractivity contribution in [1.29, 1.82) is 0 Å². The average molecular weight is 316 g/mol. The zero-order valence-electron chi connectivity index (χ0n) is 10.1. The monoisotopic (exact) mass is 315 g/mol. The zero-order valence-corrected chi connectivity index (χ0v) is 11.7. The summed E-state index contributed by atoms with van der Waals surface area (Å²) in [5, 5.41) is 9.07. The summed E-state index contributed by atoms with van der Waals surface area (Å²) in [5.41, 5.74) is 7.06. The first-order valence-corrected chi connectivity index (χ1v) is 6.33. The predicted molar refractivity (Wildman–Crippen MR) is 68.9 cm³/mol. The van der Waals surface area contributed by atoms with Crippen molar-refractivity contribution in [2.24, 2.45) is 5.73 Å². The Hall–Kier alpha value is -1.27. The van der Waals surface area contributed by atoms with Gasteiger partial charge in [-0.2, -0.15) is 0 Å². The lowest BCUT2D eigenvalue weighted by Gasteiger charge is -2.18. The van der Waals surface area contributed by atoms with Gasteiger partial charge in [0.1, 0.15) is 6.04 Å². The van der Waals surface area contributed by atoms with E-state index in [2.05, 4.69) is 15.9 Å². The Bertz CT molecular complexity index is 501. The van der Waals surface area contributed by atoms with Crippen LogP contribution in [0.1, 0.15) is 36.9 Å². The van der Waals surface area contributed by atoms with Gasteiger partial charge in [0.2, 0.25) is 6.79 Å². The van der Waals surface area contributed by atoms with Gasteiger partial charge < -0.3 is 20.3 Å². The molecule has 1 aliphatic heterocycles. The minimum absolute atomic E-state index is 0.0916. The Morgan fingerprint density at radius 2 is 2.06 bits per heavy atom. The summed E-state index contributed by atoms with van der Waals surface area (Å²) in [6.45, 7) is 4.06. The van der Waals surface area contributed by atoms with Gasteiger partial charge in [0.25, 0.3) is 0 Å². The molecule has 0 saturated carbocycles. The van der Waals surface area contributed by atoms with Crippen LogP contribution in [0.25, 0.3) is 0 Å². The van der Waals surface area contributed by atoms with Crippen LogP contribution >= 0.6 is 15.9 Å². The molecule has 0 aliphatic carbocycles. The molecule has 0 spiro atoms. The largest absolute Gasteiger partial charge is 0.480 e. The molecule has 1 unspecified atom stereocenters. The molecule has 6 heteroatoms. The van der Waals surface area contributed by atoms with Gasteiger partial charge in [-0.15, -0.1) is 0 Å². The number of ether oxygens (including phenoxy) is 2. The van der Waals surface area contributed by atoms with Gasteiger partial charge in [-0.25, -0.2) is 0 Å². The van der Waals surface area contributed by atoms with E-state index in [-0.39, 0.29) is 12.7 Å². The Morgan fingerprint density at radius 1 is 1.44 bits per heavy atom. The number of halogens is 1. The number of carboxylic acid groups (broad SMARTS) is 1. The summed E-state index contributed by atoms with van der Waals surface area (Å²) >= 11 is 3.35. The summed E-state index contributed by atoms with van der Waals surface area (Å²) in [6.07, 6.45) is 0. The third kappa shape index (κ3) is 2.06. The molecule has 2 rings (SSSR count). The lowest BCUT2D eigenvalue weighted by molar-refractivity contribution is -0.138. The van der Waals surface area contributed by atoms with Crippen LogP contribution in [-0.4, -0.2) is 17.9 Å². The van der Waals surface area contributed by atoms with E-state index in [0.717, 1.165) is 5.56 Å². The van der Waals surface area contributed by atoms with Crippen molar-refractivity contribution in [1.82, 2.24) is 0 Å². The molecule has 1 aromatic rings. The van der Waals surface area contributed by atoms with Crippen LogP contribution in [0.5, 0.6) is 11.5 Å². The molecule has 98 valence electrons. The Balaban J connectivity index is 2.66. The van der Waals surface area contributed by atoms with Crippen LogP contribution in [0.2, 0.25) is 0 Å². The summed E-state index contributed by atoms with van der Waals surface area (Å²) in [7, 11) is 0. The Labute approximate surface area is 113 Å². The third-order valence-corrected chi connectivity index (χ3v) is 3.44. The van der Waals surface area contributed by atoms with Gasteiger partial charge in [0, 0.05) is 5.56 Å². The highest BCUT2D eigenvalue weighted by Crippen LogP contribution is 2.47. The van der Waals surface area contributed by atoms with E-state index >= 15 is 0 Å². The van der Waals surface area contributed by atoms with E-state index in [0.29, 0.717) is 21.5 Å². The lowest BCUT2D eigenvalue weighted by atomic mass is 9.91. The van der Waals surface area contributed by atoms with Gasteiger partial charge in [0.15, 0.2) is 11.5 Å². The van der Waals surface area contributed by atoms with Crippen molar-refractivity contribution in [3.8, 4) is 11.5 Å². The molecule has 1 aromatic carbocycles. The number of fused-ring (bicyclic) bond motifs is 1. The summed E-state index contributed by atoms with van der Waals surface area (Å²) in [6, 6.07) is 0.620. The van der Waals surface area contributed by atoms with Gasteiger partial charge in [0.05, 0.1) is 4.47 Å². The molecule has 5 nitrogen and oxygen atoms in total. The van der Waals surface area contributed by atoms with E-state index in [1.165, 1.54) is 0 Å². The number of benzene rings is 1. The SMILES string of the molecule is CC(C)c1c(C(N)C(=O)O)cc(Br)c2c1OCO2. The fourth-order valence-electron chi connectivity index (χ4n) is 2.05. The van der Waals surface area contributed by atoms with E-state index in [1.54, 1.807) is 6.07 Å². The number of rotatable bonds is 3. The molecule has 3 N–H and O–H groups in total. The highest BCUT2D eigenvalue weighted by Gasteiger charge is 2.29. The normalized spacial score (nSPS) is 14.9. The molecule has 1 heterocycles. The molecular weight excluding hydrogens is 302 g/mol. The maximum absolute atomic E-state index is 11.1. The van der Waals surface area contributed by atoms with Gasteiger partial charge in [-0.1, -0.05) is 13.8 Å². The molecule has 1 aliphatic rings. The predicted octanol–water partition coefficient (Wildman–Crippen LogP) is 2.39. The Kier molecular flexibility index (Phi) is 3.49. The van der Waals surface area contributed by atoms with E-state index in [4.69, 9.17) is 20.3 Å². The summed E-state index contributed by atoms with van der Waals surface area (Å²) in [4.78, 5) is 11.1. The molecule has 0 aromatic heterocycles. The van der Waals surface area contributed by atoms with Crippen LogP contribution in [0.3, 0.4) is 0 Å². The number of carboxylic acids is 1. The topological polar surface area (TPSA) is 81.8 Å². The van der Waals surface area contributed by atoms with Gasteiger partial charge in [-0.05, 0) is 33.5 Å². The minimum Gasteiger partial charge on any atom is -0.480 e. The average Bonchev–Trinajstić information content (AvgIpc) is 2.76. The highest BCUT2D eigenvalue weighted by molar-refractivity contribution is 9.10. The van der Waals surface area contributed by atoms with E-state index in [1.807, 2.05) is 13.8 Å². The third-order valence-electron chi connectivity index (χ3n) is 2.85. The molecule has 0 bridgehead atoms. The van der Waals surface area contributed by atoms with Crippen molar-refractivity contribution in [3.63, 3.8) is 0 Å². The molecule has 0 amide bonds. The van der Waals surface area contributed by atoms with Crippen molar-refractivity contribution < 1.29 is 19.4 Å². The lowest BCUT2D eigenvalue weighted by Crippen LogP contribution is -2.22. The van der Waals surface area contributed by atoms with Crippen molar-refractivity contribution in [2.75, 3.05) is 6.79 Å². The van der Waals surface area contributed by atoms with E-state index < -0.39 is 12.0 Å². The molecule has 0 radical (unpaired) electrons. The molecule has 0 saturated heterocycles. The second kappa shape index (κ2) is 4.78. The number of nitrogens with two attached hydrogens (primary N) is 1. The number of aliphatic carboxylic acids is 1. The number of hydrogen-bond acceptors (Lipinski definition) is 4. The molecule has 1 atom stereocenters. The minimum atomic E-state index is -1.08. The van der Waals surface area contributed by atoms with Crippen LogP contribution in [0, 0.1) is 0 Å². The second-order valence-electron chi connectivity index (χ2n) is 4.40. The molecule has 18 heavy (non-hydrogen) atoms. The van der Waals surface area contributed by atoms with Crippen LogP contribution in [0.15, 0.2) is 10.5 Å². The van der Waals surface area contributed by atoms with Crippen molar-refractivity contribution >= 4 is 21.9 Å². The fourth-order valence-corrected chi connectivity index (χ4v) is 2.59. The maximum atomic E-state index is 11.1. The quantitative estimate of drug-likeness (QED) is 0.895. The van der Waals surface area contributed by atoms with Crippen molar-refractivity contribution in [3.05, 3.63) is 21.7 Å². The summed E-state index contributed by atoms with van der Waals surface area (Å²) < 4.78 is 11.5. The molecule has 0 fully saturated rings. The first-order valence-electron chi connectivity index (χ1n) is 5.53. The standard InChI is InChI=1S/C12H14BrNO4/c1-5(2)8-6(9(14)12(15)16)3-7(13)10-11(8)18-4-17-10/h3,5,9H,4,14H2,1-2H3,(H,15,16). The first-order chi connectivity index (χ1) is 8.43. The molecular formula is C12H14BrNO4. The van der Waals surface area contributed by atoms with Crippen molar-refractivity contribution in [2.45, 2.75) is 25.8 Å². The van der Waals surface area contributed by atoms with Crippen LogP contribution in [0.4, 0.5) is 0 Å². The number of carbonyl (C=O) groups is 1. The Morgan fingerprint density at radius 3 is 2.61 bits per heavy atom. The highest BCUT2D eigenvalue weighted by atomic mass is 79.9. The number of hydrogen-bond donors (Lipinski definition) is 2. The summed E-state index contributed by atoms with van der Waals surface area (Å²) in [5.74, 6) is 0.225. The fraction of sp³-hybridized carbons (Fsp3) is 0.417. The maximum Gasteiger partial charge on any atom is 0.325 e.